The number of carbonyl (C=O) groups is 2. The molecule has 6 heteroatoms. The van der Waals surface area contributed by atoms with Gasteiger partial charge in [-0.2, -0.15) is 0 Å². The molecular weight excluding hydrogens is 270 g/mol. The first-order chi connectivity index (χ1) is 9.88. The van der Waals surface area contributed by atoms with Gasteiger partial charge in [0, 0.05) is 19.7 Å². The van der Waals surface area contributed by atoms with Crippen molar-refractivity contribution in [2.24, 2.45) is 11.7 Å². The predicted octanol–water partition coefficient (Wildman–Crippen LogP) is 0.750. The second-order valence-corrected chi connectivity index (χ2v) is 5.54. The van der Waals surface area contributed by atoms with Crippen LogP contribution in [0.15, 0.2) is 0 Å². The van der Waals surface area contributed by atoms with E-state index in [1.54, 1.807) is 12.0 Å². The molecule has 124 valence electrons. The van der Waals surface area contributed by atoms with Gasteiger partial charge in [0.15, 0.2) is 0 Å². The summed E-state index contributed by atoms with van der Waals surface area (Å²) >= 11 is 0. The molecule has 0 heterocycles. The van der Waals surface area contributed by atoms with Crippen LogP contribution in [0, 0.1) is 5.92 Å². The molecule has 0 aromatic heterocycles. The Bertz CT molecular complexity index is 317. The quantitative estimate of drug-likeness (QED) is 0.623. The number of nitrogens with one attached hydrogen (secondary N) is 1. The molecule has 21 heavy (non-hydrogen) atoms. The minimum absolute atomic E-state index is 0.0144. The third kappa shape index (κ3) is 6.91. The lowest BCUT2D eigenvalue weighted by atomic mass is 10.1. The summed E-state index contributed by atoms with van der Waals surface area (Å²) in [6.07, 6.45) is 1.76. The fourth-order valence-corrected chi connectivity index (χ4v) is 2.11. The van der Waals surface area contributed by atoms with Crippen LogP contribution in [0.5, 0.6) is 0 Å². The highest BCUT2D eigenvalue weighted by Gasteiger charge is 2.23. The van der Waals surface area contributed by atoms with E-state index in [1.165, 1.54) is 0 Å². The third-order valence-electron chi connectivity index (χ3n) is 3.67. The molecule has 0 aromatic rings. The number of methoxy groups -OCH3 is 1. The maximum Gasteiger partial charge on any atom is 0.242 e. The zero-order valence-electron chi connectivity index (χ0n) is 14.0. The van der Waals surface area contributed by atoms with E-state index >= 15 is 0 Å². The van der Waals surface area contributed by atoms with Crippen molar-refractivity contribution in [1.29, 1.82) is 0 Å². The van der Waals surface area contributed by atoms with Crippen molar-refractivity contribution in [2.75, 3.05) is 26.8 Å². The summed E-state index contributed by atoms with van der Waals surface area (Å²) in [4.78, 5) is 25.9. The minimum Gasteiger partial charge on any atom is -0.383 e. The molecule has 0 radical (unpaired) electrons. The standard InChI is InChI=1S/C15H31N3O3/c1-6-12(7-2)18(8-9-21-5)13(19)10-17-15(20)14(16)11(3)4/h11-12,14H,6-10,16H2,1-5H3,(H,17,20)/t14-/m0/s1. The maximum absolute atomic E-state index is 12.3. The van der Waals surface area contributed by atoms with Crippen molar-refractivity contribution in [2.45, 2.75) is 52.6 Å². The van der Waals surface area contributed by atoms with Gasteiger partial charge in [0.2, 0.25) is 11.8 Å². The topological polar surface area (TPSA) is 84.7 Å². The summed E-state index contributed by atoms with van der Waals surface area (Å²) in [7, 11) is 1.61. The lowest BCUT2D eigenvalue weighted by molar-refractivity contribution is -0.136. The van der Waals surface area contributed by atoms with Crippen molar-refractivity contribution in [3.05, 3.63) is 0 Å². The van der Waals surface area contributed by atoms with Crippen LogP contribution in [0.2, 0.25) is 0 Å². The zero-order valence-corrected chi connectivity index (χ0v) is 14.0. The van der Waals surface area contributed by atoms with Crippen LogP contribution in [0.1, 0.15) is 40.5 Å². The van der Waals surface area contributed by atoms with Crippen molar-refractivity contribution in [3.63, 3.8) is 0 Å². The lowest BCUT2D eigenvalue weighted by Crippen LogP contribution is -2.50. The fourth-order valence-electron chi connectivity index (χ4n) is 2.11. The molecule has 0 bridgehead atoms. The Morgan fingerprint density at radius 1 is 1.24 bits per heavy atom. The second kappa shape index (κ2) is 10.6. The average Bonchev–Trinajstić information content (AvgIpc) is 2.47. The highest BCUT2D eigenvalue weighted by molar-refractivity contribution is 5.87. The van der Waals surface area contributed by atoms with E-state index in [4.69, 9.17) is 10.5 Å². The van der Waals surface area contributed by atoms with Crippen molar-refractivity contribution in [1.82, 2.24) is 10.2 Å². The number of amides is 2. The van der Waals surface area contributed by atoms with Crippen molar-refractivity contribution >= 4 is 11.8 Å². The van der Waals surface area contributed by atoms with Crippen molar-refractivity contribution in [3.8, 4) is 0 Å². The Kier molecular flexibility index (Phi) is 9.99. The van der Waals surface area contributed by atoms with Crippen LogP contribution in [0.25, 0.3) is 0 Å². The maximum atomic E-state index is 12.3. The molecule has 0 unspecified atom stereocenters. The minimum atomic E-state index is -0.585. The summed E-state index contributed by atoms with van der Waals surface area (Å²) in [5, 5.41) is 2.63. The van der Waals surface area contributed by atoms with E-state index in [-0.39, 0.29) is 30.3 Å². The molecule has 0 fully saturated rings. The highest BCUT2D eigenvalue weighted by atomic mass is 16.5. The first-order valence-corrected chi connectivity index (χ1v) is 7.70. The Labute approximate surface area is 128 Å². The second-order valence-electron chi connectivity index (χ2n) is 5.54. The van der Waals surface area contributed by atoms with Crippen LogP contribution in [0.3, 0.4) is 0 Å². The summed E-state index contributed by atoms with van der Waals surface area (Å²) in [6.45, 7) is 8.86. The summed E-state index contributed by atoms with van der Waals surface area (Å²) in [6, 6.07) is -0.415. The van der Waals surface area contributed by atoms with Gasteiger partial charge in [-0.3, -0.25) is 9.59 Å². The predicted molar refractivity (Wildman–Crippen MR) is 83.8 cm³/mol. The number of hydrogen-bond donors (Lipinski definition) is 2. The van der Waals surface area contributed by atoms with Gasteiger partial charge in [0.05, 0.1) is 19.2 Å². The number of carbonyl (C=O) groups excluding carboxylic acids is 2. The van der Waals surface area contributed by atoms with Gasteiger partial charge in [-0.25, -0.2) is 0 Å². The molecular formula is C15H31N3O3. The molecule has 0 saturated carbocycles. The zero-order chi connectivity index (χ0) is 16.4. The monoisotopic (exact) mass is 301 g/mol. The van der Waals surface area contributed by atoms with Crippen LogP contribution in [-0.4, -0.2) is 55.6 Å². The fraction of sp³-hybridized carbons (Fsp3) is 0.867. The van der Waals surface area contributed by atoms with Crippen LogP contribution in [-0.2, 0) is 14.3 Å². The summed E-state index contributed by atoms with van der Waals surface area (Å²) in [5.41, 5.74) is 5.76. The number of nitrogens with two attached hydrogens (primary N) is 1. The van der Waals surface area contributed by atoms with Gasteiger partial charge in [-0.15, -0.1) is 0 Å². The molecule has 6 nitrogen and oxygen atoms in total. The summed E-state index contributed by atoms with van der Waals surface area (Å²) in [5.74, 6) is -0.330. The lowest BCUT2D eigenvalue weighted by Gasteiger charge is -2.30. The van der Waals surface area contributed by atoms with Gasteiger partial charge >= 0.3 is 0 Å². The Morgan fingerprint density at radius 2 is 1.81 bits per heavy atom. The number of nitrogens with zero attached hydrogens (tertiary/aromatic N) is 1. The molecule has 0 spiro atoms. The highest BCUT2D eigenvalue weighted by Crippen LogP contribution is 2.08. The largest absolute Gasteiger partial charge is 0.383 e. The molecule has 2 amide bonds. The Morgan fingerprint density at radius 3 is 2.24 bits per heavy atom. The van der Waals surface area contributed by atoms with Crippen LogP contribution >= 0.6 is 0 Å². The number of hydrogen-bond acceptors (Lipinski definition) is 4. The Hall–Kier alpha value is -1.14. The first-order valence-electron chi connectivity index (χ1n) is 7.70. The third-order valence-corrected chi connectivity index (χ3v) is 3.67. The van der Waals surface area contributed by atoms with E-state index in [0.717, 1.165) is 12.8 Å². The van der Waals surface area contributed by atoms with Gasteiger partial charge in [-0.05, 0) is 18.8 Å². The molecule has 0 aromatic carbocycles. The smallest absolute Gasteiger partial charge is 0.242 e. The average molecular weight is 301 g/mol. The van der Waals surface area contributed by atoms with E-state index in [2.05, 4.69) is 19.2 Å². The molecule has 3 N–H and O–H groups in total. The molecule has 0 saturated heterocycles. The number of ether oxygens (including phenoxy) is 1. The molecule has 0 aliphatic heterocycles. The normalized spacial score (nSPS) is 12.6. The van der Waals surface area contributed by atoms with Gasteiger partial charge < -0.3 is 20.7 Å². The van der Waals surface area contributed by atoms with E-state index in [1.807, 2.05) is 13.8 Å². The molecule has 0 aliphatic carbocycles. The van der Waals surface area contributed by atoms with Gasteiger partial charge in [-0.1, -0.05) is 27.7 Å². The molecule has 0 rings (SSSR count). The Balaban J connectivity index is 4.56. The number of rotatable bonds is 10. The van der Waals surface area contributed by atoms with E-state index < -0.39 is 6.04 Å². The van der Waals surface area contributed by atoms with Crippen molar-refractivity contribution < 1.29 is 14.3 Å². The SMILES string of the molecule is CCC(CC)N(CCOC)C(=O)CNC(=O)[C@@H](N)C(C)C. The van der Waals surface area contributed by atoms with E-state index in [9.17, 15) is 9.59 Å². The van der Waals surface area contributed by atoms with Gasteiger partial charge in [0.1, 0.15) is 0 Å². The van der Waals surface area contributed by atoms with Crippen LogP contribution in [0.4, 0.5) is 0 Å². The first kappa shape index (κ1) is 19.9. The molecule has 1 atom stereocenters. The summed E-state index contributed by atoms with van der Waals surface area (Å²) < 4.78 is 5.06. The molecule has 0 aliphatic rings. The van der Waals surface area contributed by atoms with Crippen LogP contribution < -0.4 is 11.1 Å². The van der Waals surface area contributed by atoms with E-state index in [0.29, 0.717) is 13.2 Å². The van der Waals surface area contributed by atoms with Gasteiger partial charge in [0.25, 0.3) is 0 Å².